The van der Waals surface area contributed by atoms with E-state index in [0.717, 1.165) is 10.7 Å². The molecule has 102 valence electrons. The van der Waals surface area contributed by atoms with Gasteiger partial charge in [0.1, 0.15) is 6.10 Å². The molecule has 1 unspecified atom stereocenters. The van der Waals surface area contributed by atoms with E-state index >= 15 is 0 Å². The molecule has 2 rings (SSSR count). The molecule has 1 heterocycles. The molecule has 0 amide bonds. The summed E-state index contributed by atoms with van der Waals surface area (Å²) >= 11 is 1.33. The molecule has 0 fully saturated rings. The van der Waals surface area contributed by atoms with Crippen LogP contribution < -0.4 is 5.32 Å². The maximum atomic E-state index is 5.49. The van der Waals surface area contributed by atoms with Crippen molar-refractivity contribution in [3.8, 4) is 0 Å². The second-order valence-electron chi connectivity index (χ2n) is 3.90. The molecule has 0 spiro atoms. The second-order valence-corrected chi connectivity index (χ2v) is 4.66. The number of anilines is 1. The van der Waals surface area contributed by atoms with E-state index in [2.05, 4.69) is 14.7 Å². The highest BCUT2D eigenvalue weighted by atomic mass is 32.1. The Balaban J connectivity index is 2.07. The molecule has 0 aliphatic carbocycles. The number of methoxy groups -OCH3 is 2. The van der Waals surface area contributed by atoms with Gasteiger partial charge in [-0.1, -0.05) is 30.3 Å². The number of hydrogen-bond acceptors (Lipinski definition) is 6. The zero-order valence-corrected chi connectivity index (χ0v) is 11.8. The molecule has 6 heteroatoms. The van der Waals surface area contributed by atoms with Gasteiger partial charge < -0.3 is 14.8 Å². The molecule has 0 aliphatic heterocycles. The van der Waals surface area contributed by atoms with Crippen LogP contribution >= 0.6 is 11.5 Å². The summed E-state index contributed by atoms with van der Waals surface area (Å²) in [5, 5.41) is 3.94. The maximum absolute atomic E-state index is 5.49. The molecule has 0 aliphatic rings. The highest BCUT2D eigenvalue weighted by Gasteiger charge is 2.18. The quantitative estimate of drug-likeness (QED) is 0.788. The van der Waals surface area contributed by atoms with E-state index in [1.807, 2.05) is 30.3 Å². The van der Waals surface area contributed by atoms with Crippen LogP contribution in [0.4, 0.5) is 5.13 Å². The topological polar surface area (TPSA) is 56.3 Å². The Morgan fingerprint density at radius 2 is 2.05 bits per heavy atom. The summed E-state index contributed by atoms with van der Waals surface area (Å²) < 4.78 is 14.8. The molecular formula is C13H17N3O2S. The van der Waals surface area contributed by atoms with E-state index in [-0.39, 0.29) is 6.10 Å². The van der Waals surface area contributed by atoms with E-state index < -0.39 is 0 Å². The van der Waals surface area contributed by atoms with Crippen LogP contribution in [0.3, 0.4) is 0 Å². The van der Waals surface area contributed by atoms with Crippen molar-refractivity contribution in [2.45, 2.75) is 6.10 Å². The van der Waals surface area contributed by atoms with Gasteiger partial charge in [0.25, 0.3) is 0 Å². The minimum Gasteiger partial charge on any atom is -0.383 e. The van der Waals surface area contributed by atoms with E-state index in [1.54, 1.807) is 14.2 Å². The van der Waals surface area contributed by atoms with Crippen LogP contribution in [0.5, 0.6) is 0 Å². The fourth-order valence-corrected chi connectivity index (χ4v) is 2.31. The van der Waals surface area contributed by atoms with Crippen molar-refractivity contribution < 1.29 is 9.47 Å². The third-order valence-corrected chi connectivity index (χ3v) is 3.28. The van der Waals surface area contributed by atoms with Crippen molar-refractivity contribution in [3.63, 3.8) is 0 Å². The van der Waals surface area contributed by atoms with Crippen molar-refractivity contribution in [3.05, 3.63) is 41.7 Å². The molecule has 1 aromatic carbocycles. The second kappa shape index (κ2) is 7.18. The average Bonchev–Trinajstić information content (AvgIpc) is 2.90. The Morgan fingerprint density at radius 3 is 2.74 bits per heavy atom. The molecule has 0 bridgehead atoms. The van der Waals surface area contributed by atoms with E-state index in [9.17, 15) is 0 Å². The fraction of sp³-hybridized carbons (Fsp3) is 0.385. The van der Waals surface area contributed by atoms with Gasteiger partial charge in [0.2, 0.25) is 5.13 Å². The monoisotopic (exact) mass is 279 g/mol. The van der Waals surface area contributed by atoms with Crippen LogP contribution in [0, 0.1) is 0 Å². The van der Waals surface area contributed by atoms with Gasteiger partial charge in [-0.05, 0) is 5.56 Å². The van der Waals surface area contributed by atoms with E-state index in [4.69, 9.17) is 9.47 Å². The minimum atomic E-state index is -0.226. The fourth-order valence-electron chi connectivity index (χ4n) is 1.69. The van der Waals surface area contributed by atoms with Gasteiger partial charge in [-0.3, -0.25) is 0 Å². The maximum Gasteiger partial charge on any atom is 0.202 e. The molecule has 1 aromatic heterocycles. The lowest BCUT2D eigenvalue weighted by molar-refractivity contribution is 0.130. The SMILES string of the molecule is COCCNc1nc(C(OC)c2ccccc2)ns1. The molecule has 1 N–H and O–H groups in total. The number of benzene rings is 1. The summed E-state index contributed by atoms with van der Waals surface area (Å²) in [5.74, 6) is 0.679. The highest BCUT2D eigenvalue weighted by Crippen LogP contribution is 2.25. The van der Waals surface area contributed by atoms with Gasteiger partial charge in [0.15, 0.2) is 5.82 Å². The largest absolute Gasteiger partial charge is 0.383 e. The first-order chi connectivity index (χ1) is 9.35. The Labute approximate surface area is 116 Å². The summed E-state index contributed by atoms with van der Waals surface area (Å²) in [5.41, 5.74) is 1.05. The van der Waals surface area contributed by atoms with Gasteiger partial charge in [-0.25, -0.2) is 4.98 Å². The number of nitrogens with one attached hydrogen (secondary N) is 1. The van der Waals surface area contributed by atoms with Crippen LogP contribution in [-0.4, -0.2) is 36.7 Å². The predicted molar refractivity (Wildman–Crippen MR) is 75.6 cm³/mol. The van der Waals surface area contributed by atoms with Gasteiger partial charge in [-0.2, -0.15) is 4.37 Å². The normalized spacial score (nSPS) is 12.3. The molecular weight excluding hydrogens is 262 g/mol. The summed E-state index contributed by atoms with van der Waals surface area (Å²) in [6, 6.07) is 9.94. The van der Waals surface area contributed by atoms with Crippen LogP contribution in [-0.2, 0) is 9.47 Å². The van der Waals surface area contributed by atoms with Crippen LogP contribution in [0.15, 0.2) is 30.3 Å². The van der Waals surface area contributed by atoms with Crippen molar-refractivity contribution in [1.82, 2.24) is 9.36 Å². The van der Waals surface area contributed by atoms with Crippen molar-refractivity contribution in [2.24, 2.45) is 0 Å². The smallest absolute Gasteiger partial charge is 0.202 e. The van der Waals surface area contributed by atoms with Gasteiger partial charge in [0, 0.05) is 32.3 Å². The molecule has 19 heavy (non-hydrogen) atoms. The van der Waals surface area contributed by atoms with Gasteiger partial charge in [-0.15, -0.1) is 0 Å². The molecule has 0 radical (unpaired) electrons. The molecule has 2 aromatic rings. The van der Waals surface area contributed by atoms with Crippen LogP contribution in [0.2, 0.25) is 0 Å². The number of aromatic nitrogens is 2. The van der Waals surface area contributed by atoms with Crippen molar-refractivity contribution in [1.29, 1.82) is 0 Å². The third kappa shape index (κ3) is 3.73. The summed E-state index contributed by atoms with van der Waals surface area (Å²) in [7, 11) is 3.33. The van der Waals surface area contributed by atoms with Gasteiger partial charge in [0.05, 0.1) is 6.61 Å². The lowest BCUT2D eigenvalue weighted by Gasteiger charge is -2.11. The first-order valence-electron chi connectivity index (χ1n) is 5.99. The first-order valence-corrected chi connectivity index (χ1v) is 6.76. The standard InChI is InChI=1S/C13H17N3O2S/c1-17-9-8-14-13-15-12(16-19-13)11(18-2)10-6-4-3-5-7-10/h3-7,11H,8-9H2,1-2H3,(H,14,15,16). The molecule has 0 saturated heterocycles. The molecule has 5 nitrogen and oxygen atoms in total. The van der Waals surface area contributed by atoms with Crippen LogP contribution in [0.25, 0.3) is 0 Å². The van der Waals surface area contributed by atoms with E-state index in [0.29, 0.717) is 19.0 Å². The number of hydrogen-bond donors (Lipinski definition) is 1. The average molecular weight is 279 g/mol. The number of nitrogens with zero attached hydrogens (tertiary/aromatic N) is 2. The Morgan fingerprint density at radius 1 is 1.26 bits per heavy atom. The lowest BCUT2D eigenvalue weighted by atomic mass is 10.1. The van der Waals surface area contributed by atoms with Crippen molar-refractivity contribution in [2.75, 3.05) is 32.7 Å². The summed E-state index contributed by atoms with van der Waals surface area (Å²) in [4.78, 5) is 4.45. The highest BCUT2D eigenvalue weighted by molar-refractivity contribution is 7.09. The summed E-state index contributed by atoms with van der Waals surface area (Å²) in [6.45, 7) is 1.36. The minimum absolute atomic E-state index is 0.226. The number of rotatable bonds is 7. The molecule has 1 atom stereocenters. The Bertz CT molecular complexity index is 490. The zero-order chi connectivity index (χ0) is 13.5. The first kappa shape index (κ1) is 13.9. The Hall–Kier alpha value is -1.50. The zero-order valence-electron chi connectivity index (χ0n) is 11.0. The van der Waals surface area contributed by atoms with Crippen LogP contribution in [0.1, 0.15) is 17.5 Å². The summed E-state index contributed by atoms with van der Waals surface area (Å²) in [6.07, 6.45) is -0.226. The van der Waals surface area contributed by atoms with E-state index in [1.165, 1.54) is 11.5 Å². The van der Waals surface area contributed by atoms with Gasteiger partial charge >= 0.3 is 0 Å². The predicted octanol–water partition coefficient (Wildman–Crippen LogP) is 2.33. The third-order valence-electron chi connectivity index (χ3n) is 2.60. The van der Waals surface area contributed by atoms with Crippen molar-refractivity contribution >= 4 is 16.7 Å². The molecule has 0 saturated carbocycles. The Kier molecular flexibility index (Phi) is 5.26. The lowest BCUT2D eigenvalue weighted by Crippen LogP contribution is -2.08. The number of ether oxygens (including phenoxy) is 2.